The zero-order chi connectivity index (χ0) is 18.6. The van der Waals surface area contributed by atoms with Crippen molar-refractivity contribution >= 4 is 5.97 Å². The molecule has 5 aliphatic rings. The van der Waals surface area contributed by atoms with E-state index in [-0.39, 0.29) is 18.3 Å². The molecule has 5 atom stereocenters. The molecule has 3 saturated heterocycles. The van der Waals surface area contributed by atoms with E-state index in [2.05, 4.69) is 6.58 Å². The van der Waals surface area contributed by atoms with Crippen LogP contribution in [0.1, 0.15) is 58.3 Å². The molecule has 0 aromatic rings. The van der Waals surface area contributed by atoms with Crippen molar-refractivity contribution in [3.05, 3.63) is 12.2 Å². The minimum atomic E-state index is -0.812. The molecular weight excluding hydrogens is 352 g/mol. The van der Waals surface area contributed by atoms with Crippen molar-refractivity contribution in [3.8, 4) is 0 Å². The van der Waals surface area contributed by atoms with Crippen molar-refractivity contribution in [2.75, 3.05) is 6.61 Å². The van der Waals surface area contributed by atoms with Gasteiger partial charge in [0.2, 0.25) is 6.29 Å². The Kier molecular flexibility index (Phi) is 4.37. The lowest BCUT2D eigenvalue weighted by atomic mass is 10.1. The Balaban J connectivity index is 1.35. The topological polar surface area (TPSA) is 72.5 Å². The lowest BCUT2D eigenvalue weighted by Gasteiger charge is -2.29. The van der Waals surface area contributed by atoms with Crippen molar-refractivity contribution < 1.29 is 33.2 Å². The number of rotatable bonds is 3. The molecule has 0 aromatic carbocycles. The largest absolute Gasteiger partial charge is 0.429 e. The van der Waals surface area contributed by atoms with E-state index in [0.29, 0.717) is 12.2 Å². The van der Waals surface area contributed by atoms with Crippen molar-refractivity contribution in [2.24, 2.45) is 0 Å². The SMILES string of the molecule is C=C(C)C(=O)OC1O[C@H](C2COC3(CCCC3)O2)[C@@H]2OC3(CCCC3)OC12. The van der Waals surface area contributed by atoms with E-state index in [9.17, 15) is 4.79 Å². The Morgan fingerprint density at radius 3 is 2.22 bits per heavy atom. The molecule has 2 aliphatic carbocycles. The zero-order valence-electron chi connectivity index (χ0n) is 15.8. The molecule has 3 aliphatic heterocycles. The first-order chi connectivity index (χ1) is 13.0. The zero-order valence-corrected chi connectivity index (χ0v) is 15.8. The molecule has 150 valence electrons. The summed E-state index contributed by atoms with van der Waals surface area (Å²) < 4.78 is 36.6. The fourth-order valence-electron chi connectivity index (χ4n) is 5.10. The maximum Gasteiger partial charge on any atom is 0.335 e. The van der Waals surface area contributed by atoms with E-state index in [4.69, 9.17) is 28.4 Å². The van der Waals surface area contributed by atoms with Gasteiger partial charge in [-0.1, -0.05) is 6.58 Å². The molecule has 3 heterocycles. The number of hydrogen-bond donors (Lipinski definition) is 0. The lowest BCUT2D eigenvalue weighted by molar-refractivity contribution is -0.253. The van der Waals surface area contributed by atoms with Gasteiger partial charge in [-0.3, -0.25) is 0 Å². The molecule has 27 heavy (non-hydrogen) atoms. The summed E-state index contributed by atoms with van der Waals surface area (Å²) in [4.78, 5) is 12.1. The third-order valence-corrected chi connectivity index (χ3v) is 6.45. The van der Waals surface area contributed by atoms with Crippen LogP contribution in [-0.4, -0.2) is 54.9 Å². The van der Waals surface area contributed by atoms with Crippen LogP contribution in [0.15, 0.2) is 12.2 Å². The van der Waals surface area contributed by atoms with Gasteiger partial charge in [0.1, 0.15) is 18.3 Å². The van der Waals surface area contributed by atoms with Crippen molar-refractivity contribution in [1.82, 2.24) is 0 Å². The number of carbonyl (C=O) groups excluding carboxylic acids is 1. The second kappa shape index (κ2) is 6.52. The number of fused-ring (bicyclic) bond motifs is 1. The Bertz CT molecular complexity index is 620. The Morgan fingerprint density at radius 1 is 0.926 bits per heavy atom. The van der Waals surface area contributed by atoms with Gasteiger partial charge in [0.25, 0.3) is 0 Å². The van der Waals surface area contributed by atoms with Crippen LogP contribution >= 0.6 is 0 Å². The van der Waals surface area contributed by atoms with Crippen molar-refractivity contribution in [3.63, 3.8) is 0 Å². The Labute approximate surface area is 159 Å². The minimum absolute atomic E-state index is 0.246. The van der Waals surface area contributed by atoms with E-state index < -0.39 is 29.9 Å². The molecule has 0 amide bonds. The van der Waals surface area contributed by atoms with Gasteiger partial charge in [0, 0.05) is 31.3 Å². The molecule has 0 bridgehead atoms. The summed E-state index contributed by atoms with van der Waals surface area (Å²) in [6.07, 6.45) is 5.74. The van der Waals surface area contributed by atoms with Gasteiger partial charge < -0.3 is 28.4 Å². The molecule has 2 saturated carbocycles. The highest BCUT2D eigenvalue weighted by Gasteiger charge is 2.63. The average Bonchev–Trinajstić information content (AvgIpc) is 3.43. The third-order valence-electron chi connectivity index (χ3n) is 6.45. The molecule has 0 N–H and O–H groups in total. The molecule has 2 spiro atoms. The van der Waals surface area contributed by atoms with Gasteiger partial charge in [-0.05, 0) is 32.6 Å². The van der Waals surface area contributed by atoms with Gasteiger partial charge in [-0.25, -0.2) is 4.79 Å². The number of hydrogen-bond acceptors (Lipinski definition) is 7. The van der Waals surface area contributed by atoms with Crippen LogP contribution in [0.2, 0.25) is 0 Å². The first-order valence-electron chi connectivity index (χ1n) is 10.2. The van der Waals surface area contributed by atoms with E-state index in [1.54, 1.807) is 6.92 Å². The normalized spacial score (nSPS) is 41.4. The van der Waals surface area contributed by atoms with Crippen LogP contribution in [-0.2, 0) is 33.2 Å². The second-order valence-electron chi connectivity index (χ2n) is 8.52. The second-order valence-corrected chi connectivity index (χ2v) is 8.52. The summed E-state index contributed by atoms with van der Waals surface area (Å²) in [6, 6.07) is 0. The molecule has 3 unspecified atom stereocenters. The highest BCUT2D eigenvalue weighted by atomic mass is 16.8. The summed E-state index contributed by atoms with van der Waals surface area (Å²) in [5, 5.41) is 0. The van der Waals surface area contributed by atoms with Gasteiger partial charge in [0.15, 0.2) is 17.7 Å². The molecule has 0 radical (unpaired) electrons. The van der Waals surface area contributed by atoms with Crippen LogP contribution in [0.4, 0.5) is 0 Å². The molecule has 5 rings (SSSR count). The average molecular weight is 380 g/mol. The smallest absolute Gasteiger partial charge is 0.335 e. The highest BCUT2D eigenvalue weighted by Crippen LogP contribution is 2.49. The maximum absolute atomic E-state index is 12.1. The summed E-state index contributed by atoms with van der Waals surface area (Å²) in [5.74, 6) is -1.53. The maximum atomic E-state index is 12.1. The molecule has 7 heteroatoms. The van der Waals surface area contributed by atoms with E-state index in [0.717, 1.165) is 51.4 Å². The standard InChI is InChI=1S/C20H28O7/c1-12(2)17(21)24-18-16-15(26-20(27-16)9-5-6-10-20)14(23-18)13-11-22-19(25-13)7-3-4-8-19/h13-16,18H,1,3-11H2,2H3/t13?,14-,15+,16?,18?/m1/s1. The summed E-state index contributed by atoms with van der Waals surface area (Å²) in [7, 11) is 0. The first-order valence-corrected chi connectivity index (χ1v) is 10.2. The van der Waals surface area contributed by atoms with Gasteiger partial charge in [-0.2, -0.15) is 0 Å². The van der Waals surface area contributed by atoms with Gasteiger partial charge in [-0.15, -0.1) is 0 Å². The van der Waals surface area contributed by atoms with E-state index in [1.165, 1.54) is 0 Å². The number of esters is 1. The van der Waals surface area contributed by atoms with E-state index >= 15 is 0 Å². The van der Waals surface area contributed by atoms with Crippen molar-refractivity contribution in [1.29, 1.82) is 0 Å². The van der Waals surface area contributed by atoms with Crippen LogP contribution < -0.4 is 0 Å². The van der Waals surface area contributed by atoms with E-state index in [1.807, 2.05) is 0 Å². The number of carbonyl (C=O) groups is 1. The monoisotopic (exact) mass is 380 g/mol. The number of ether oxygens (including phenoxy) is 6. The molecule has 0 aromatic heterocycles. The summed E-state index contributed by atoms with van der Waals surface area (Å²) in [5.41, 5.74) is 0.332. The van der Waals surface area contributed by atoms with Crippen LogP contribution in [0.3, 0.4) is 0 Å². The highest BCUT2D eigenvalue weighted by molar-refractivity contribution is 5.87. The molecule has 5 fully saturated rings. The predicted octanol–water partition coefficient (Wildman–Crippen LogP) is 2.57. The summed E-state index contributed by atoms with van der Waals surface area (Å²) in [6.45, 7) is 5.73. The lowest BCUT2D eigenvalue weighted by Crippen LogP contribution is -2.41. The molecular formula is C20H28O7. The predicted molar refractivity (Wildman–Crippen MR) is 92.5 cm³/mol. The van der Waals surface area contributed by atoms with Crippen molar-refractivity contribution in [2.45, 2.75) is 101 Å². The quantitative estimate of drug-likeness (QED) is 0.550. The van der Waals surface area contributed by atoms with Crippen LogP contribution in [0, 0.1) is 0 Å². The van der Waals surface area contributed by atoms with Gasteiger partial charge >= 0.3 is 5.97 Å². The fraction of sp³-hybridized carbons (Fsp3) is 0.850. The minimum Gasteiger partial charge on any atom is -0.429 e. The first kappa shape index (κ1) is 18.1. The van der Waals surface area contributed by atoms with Crippen LogP contribution in [0.5, 0.6) is 0 Å². The Morgan fingerprint density at radius 2 is 1.56 bits per heavy atom. The Hall–Kier alpha value is -0.990. The summed E-state index contributed by atoms with van der Waals surface area (Å²) >= 11 is 0. The van der Waals surface area contributed by atoms with Gasteiger partial charge in [0.05, 0.1) is 6.61 Å². The van der Waals surface area contributed by atoms with Crippen LogP contribution in [0.25, 0.3) is 0 Å². The fourth-order valence-corrected chi connectivity index (χ4v) is 5.10. The third kappa shape index (κ3) is 3.04. The molecule has 7 nitrogen and oxygen atoms in total.